The molecule has 4 rings (SSSR count). The zero-order valence-electron chi connectivity index (χ0n) is 21.9. The van der Waals surface area contributed by atoms with Gasteiger partial charge in [-0.2, -0.15) is 0 Å². The van der Waals surface area contributed by atoms with Gasteiger partial charge >= 0.3 is 5.97 Å². The van der Waals surface area contributed by atoms with E-state index in [1.165, 1.54) is 26.2 Å². The smallest absolute Gasteiger partial charge is 0.303 e. The third-order valence-electron chi connectivity index (χ3n) is 8.73. The average Bonchev–Trinajstić information content (AvgIpc) is 3.02. The maximum atomic E-state index is 11.4. The Hall–Kier alpha value is -1.25. The lowest BCUT2D eigenvalue weighted by Gasteiger charge is -2.42. The number of carbonyl (C=O) groups is 1. The van der Waals surface area contributed by atoms with Gasteiger partial charge in [0.05, 0.1) is 6.61 Å². The summed E-state index contributed by atoms with van der Waals surface area (Å²) in [6.07, 6.45) is 6.08. The van der Waals surface area contributed by atoms with E-state index in [-0.39, 0.29) is 12.5 Å². The summed E-state index contributed by atoms with van der Waals surface area (Å²) in [5, 5.41) is 20.9. The Morgan fingerprint density at radius 3 is 2.63 bits per heavy atom. The van der Waals surface area contributed by atoms with E-state index >= 15 is 0 Å². The SMILES string of the molecule is CC(=O)O[C@H]1[C@H](O)[C@@H](O)[C@@H]2O[C@@H]([C@H](C)CCCC(C)[C@@H]3CC=C(C)[C@H]4CCC(C)=C[C@H]43)OC[C@H]1O2. The maximum absolute atomic E-state index is 11.4. The van der Waals surface area contributed by atoms with E-state index in [0.29, 0.717) is 23.7 Å². The lowest BCUT2D eigenvalue weighted by molar-refractivity contribution is -0.306. The van der Waals surface area contributed by atoms with Gasteiger partial charge < -0.3 is 29.2 Å². The lowest BCUT2D eigenvalue weighted by Crippen LogP contribution is -2.59. The van der Waals surface area contributed by atoms with Crippen molar-refractivity contribution < 1.29 is 34.0 Å². The summed E-state index contributed by atoms with van der Waals surface area (Å²) in [6.45, 7) is 10.5. The normalized spacial score (nSPS) is 41.1. The Labute approximate surface area is 209 Å². The highest BCUT2D eigenvalue weighted by Gasteiger charge is 2.50. The second-order valence-electron chi connectivity index (χ2n) is 11.4. The minimum Gasteiger partial charge on any atom is -0.457 e. The molecule has 4 aliphatic rings. The van der Waals surface area contributed by atoms with E-state index in [4.69, 9.17) is 18.9 Å². The van der Waals surface area contributed by atoms with Gasteiger partial charge in [-0.15, -0.1) is 0 Å². The van der Waals surface area contributed by atoms with Crippen LogP contribution in [0.2, 0.25) is 0 Å². The molecule has 0 spiro atoms. The molecule has 7 nitrogen and oxygen atoms in total. The fourth-order valence-electron chi connectivity index (χ4n) is 6.56. The molecule has 0 saturated carbocycles. The van der Waals surface area contributed by atoms with Crippen LogP contribution in [-0.2, 0) is 23.7 Å². The summed E-state index contributed by atoms with van der Waals surface area (Å²) in [6, 6.07) is 0. The van der Waals surface area contributed by atoms with Crippen LogP contribution in [-0.4, -0.2) is 59.8 Å². The first-order valence-electron chi connectivity index (χ1n) is 13.5. The van der Waals surface area contributed by atoms with Crippen LogP contribution >= 0.6 is 0 Å². The van der Waals surface area contributed by atoms with Gasteiger partial charge in [-0.1, -0.05) is 50.0 Å². The van der Waals surface area contributed by atoms with Gasteiger partial charge in [-0.3, -0.25) is 4.79 Å². The van der Waals surface area contributed by atoms with Crippen LogP contribution in [0.5, 0.6) is 0 Å². The van der Waals surface area contributed by atoms with E-state index in [9.17, 15) is 15.0 Å². The first-order chi connectivity index (χ1) is 16.7. The Morgan fingerprint density at radius 1 is 1.14 bits per heavy atom. The standard InChI is InChI=1S/C28H44O7/c1-15-9-11-20-17(3)10-12-21(22(20)13-15)16(2)7-6-8-18(4)27-32-14-23-26(33-19(5)29)24(30)25(31)28(34-23)35-27/h10,13,16,18,20-28,30-31H,6-9,11-12,14H2,1-5H3/t16?,18-,20-,21+,22-,23-,24-,25-,26-,27+,28+/m1/s1. The summed E-state index contributed by atoms with van der Waals surface area (Å²) >= 11 is 0. The highest BCUT2D eigenvalue weighted by atomic mass is 16.8. The maximum Gasteiger partial charge on any atom is 0.303 e. The van der Waals surface area contributed by atoms with E-state index in [1.807, 2.05) is 0 Å². The molecule has 0 aromatic heterocycles. The number of hydrogen-bond acceptors (Lipinski definition) is 7. The quantitative estimate of drug-likeness (QED) is 0.408. The predicted octanol–water partition coefficient (Wildman–Crippen LogP) is 4.12. The van der Waals surface area contributed by atoms with Gasteiger partial charge in [0.25, 0.3) is 0 Å². The molecule has 11 atom stereocenters. The zero-order chi connectivity index (χ0) is 25.3. The Bertz CT molecular complexity index is 807. The van der Waals surface area contributed by atoms with Crippen LogP contribution in [0.3, 0.4) is 0 Å². The molecule has 2 N–H and O–H groups in total. The number of rotatable bonds is 7. The number of aliphatic hydroxyl groups excluding tert-OH is 2. The number of fused-ring (bicyclic) bond motifs is 3. The minimum absolute atomic E-state index is 0.0970. The Morgan fingerprint density at radius 2 is 1.89 bits per heavy atom. The molecule has 2 aliphatic carbocycles. The van der Waals surface area contributed by atoms with E-state index in [1.54, 1.807) is 11.1 Å². The molecule has 2 heterocycles. The molecule has 1 unspecified atom stereocenters. The molecule has 35 heavy (non-hydrogen) atoms. The van der Waals surface area contributed by atoms with Crippen molar-refractivity contribution in [3.05, 3.63) is 23.3 Å². The van der Waals surface area contributed by atoms with Crippen LogP contribution in [0.15, 0.2) is 23.3 Å². The van der Waals surface area contributed by atoms with Crippen molar-refractivity contribution in [1.29, 1.82) is 0 Å². The largest absolute Gasteiger partial charge is 0.457 e. The molecule has 0 aromatic rings. The molecule has 198 valence electrons. The van der Waals surface area contributed by atoms with Gasteiger partial charge in [0, 0.05) is 12.8 Å². The topological polar surface area (TPSA) is 94.5 Å². The fourth-order valence-corrected chi connectivity index (χ4v) is 6.56. The van der Waals surface area contributed by atoms with Crippen molar-refractivity contribution in [2.75, 3.05) is 6.61 Å². The second-order valence-corrected chi connectivity index (χ2v) is 11.4. The number of allylic oxidation sites excluding steroid dienone is 4. The third-order valence-corrected chi connectivity index (χ3v) is 8.73. The van der Waals surface area contributed by atoms with Crippen LogP contribution in [0.1, 0.15) is 73.1 Å². The second kappa shape index (κ2) is 11.4. The summed E-state index contributed by atoms with van der Waals surface area (Å²) in [7, 11) is 0. The number of ether oxygens (including phenoxy) is 4. The van der Waals surface area contributed by atoms with E-state index in [2.05, 4.69) is 39.8 Å². The van der Waals surface area contributed by atoms with Crippen molar-refractivity contribution in [1.82, 2.24) is 0 Å². The summed E-state index contributed by atoms with van der Waals surface area (Å²) in [5.41, 5.74) is 3.12. The Balaban J connectivity index is 1.30. The highest BCUT2D eigenvalue weighted by Crippen LogP contribution is 2.46. The van der Waals surface area contributed by atoms with Crippen LogP contribution in [0, 0.1) is 29.6 Å². The highest BCUT2D eigenvalue weighted by molar-refractivity contribution is 5.66. The third kappa shape index (κ3) is 6.02. The van der Waals surface area contributed by atoms with Crippen LogP contribution < -0.4 is 0 Å². The average molecular weight is 493 g/mol. The fraction of sp³-hybridized carbons (Fsp3) is 0.821. The minimum atomic E-state index is -1.31. The molecule has 7 heteroatoms. The van der Waals surface area contributed by atoms with E-state index in [0.717, 1.165) is 19.3 Å². The molecule has 2 bridgehead atoms. The van der Waals surface area contributed by atoms with Gasteiger partial charge in [-0.25, -0.2) is 0 Å². The lowest BCUT2D eigenvalue weighted by atomic mass is 9.63. The van der Waals surface area contributed by atoms with Crippen LogP contribution in [0.25, 0.3) is 0 Å². The number of esters is 1. The van der Waals surface area contributed by atoms with Crippen molar-refractivity contribution >= 4 is 5.97 Å². The number of aliphatic hydroxyl groups is 2. The molecular formula is C28H44O7. The van der Waals surface area contributed by atoms with Crippen molar-refractivity contribution in [2.24, 2.45) is 29.6 Å². The van der Waals surface area contributed by atoms with Crippen molar-refractivity contribution in [3.63, 3.8) is 0 Å². The van der Waals surface area contributed by atoms with E-state index < -0.39 is 43.0 Å². The van der Waals surface area contributed by atoms with Gasteiger partial charge in [-0.05, 0) is 63.2 Å². The van der Waals surface area contributed by atoms with Crippen molar-refractivity contribution in [3.8, 4) is 0 Å². The summed E-state index contributed by atoms with van der Waals surface area (Å²) in [4.78, 5) is 11.4. The van der Waals surface area contributed by atoms with Gasteiger partial charge in [0.1, 0.15) is 18.3 Å². The first-order valence-corrected chi connectivity index (χ1v) is 13.5. The zero-order valence-corrected chi connectivity index (χ0v) is 21.9. The number of carbonyl (C=O) groups excluding carboxylic acids is 1. The Kier molecular flexibility index (Phi) is 8.75. The molecule has 0 radical (unpaired) electrons. The molecule has 0 aromatic carbocycles. The first kappa shape index (κ1) is 26.8. The molecule has 0 amide bonds. The molecular weight excluding hydrogens is 448 g/mol. The molecule has 2 fully saturated rings. The monoisotopic (exact) mass is 492 g/mol. The predicted molar refractivity (Wildman–Crippen MR) is 131 cm³/mol. The number of hydrogen-bond donors (Lipinski definition) is 2. The molecule has 2 saturated heterocycles. The van der Waals surface area contributed by atoms with Crippen molar-refractivity contribution in [2.45, 2.75) is 110 Å². The van der Waals surface area contributed by atoms with Crippen LogP contribution in [0.4, 0.5) is 0 Å². The summed E-state index contributed by atoms with van der Waals surface area (Å²) < 4.78 is 22.9. The van der Waals surface area contributed by atoms with Gasteiger partial charge in [0.2, 0.25) is 0 Å². The summed E-state index contributed by atoms with van der Waals surface area (Å²) in [5.74, 6) is 2.28. The van der Waals surface area contributed by atoms with Gasteiger partial charge in [0.15, 0.2) is 18.7 Å². The molecule has 2 aliphatic heterocycles.